The molecule has 0 amide bonds. The van der Waals surface area contributed by atoms with Gasteiger partial charge in [-0.2, -0.15) is 0 Å². The molecule has 0 aliphatic carbocycles. The molecular formula is C16H17Cl2NO. The van der Waals surface area contributed by atoms with Crippen molar-refractivity contribution in [1.29, 1.82) is 0 Å². The molecule has 0 saturated carbocycles. The first kappa shape index (κ1) is 15.2. The van der Waals surface area contributed by atoms with Gasteiger partial charge in [-0.1, -0.05) is 30.1 Å². The Hall–Kier alpha value is -1.22. The lowest BCUT2D eigenvalue weighted by Gasteiger charge is -2.12. The molecule has 0 aliphatic heterocycles. The number of nitrogens with two attached hydrogens (primary N) is 1. The van der Waals surface area contributed by atoms with E-state index < -0.39 is 0 Å². The topological polar surface area (TPSA) is 35.2 Å². The standard InChI is InChI=1S/C16H17Cl2NO/c1-2-11-10-14(4-5-15(11)18)20-16-6-3-13(17)9-12(16)7-8-19/h3-6,9-10H,2,7-8,19H2,1H3. The van der Waals surface area contributed by atoms with Gasteiger partial charge in [-0.05, 0) is 66.9 Å². The molecule has 0 fully saturated rings. The van der Waals surface area contributed by atoms with Crippen molar-refractivity contribution in [3.05, 3.63) is 57.6 Å². The van der Waals surface area contributed by atoms with E-state index in [-0.39, 0.29) is 0 Å². The summed E-state index contributed by atoms with van der Waals surface area (Å²) in [5.74, 6) is 1.55. The number of rotatable bonds is 5. The predicted octanol–water partition coefficient (Wildman–Crippen LogP) is 4.85. The van der Waals surface area contributed by atoms with Crippen LogP contribution in [0, 0.1) is 0 Å². The molecule has 106 valence electrons. The maximum atomic E-state index is 6.11. The molecule has 0 aromatic heterocycles. The van der Waals surface area contributed by atoms with Crippen molar-refractivity contribution in [2.24, 2.45) is 5.73 Å². The molecule has 0 heterocycles. The van der Waals surface area contributed by atoms with Crippen molar-refractivity contribution in [2.75, 3.05) is 6.54 Å². The smallest absolute Gasteiger partial charge is 0.130 e. The number of hydrogen-bond donors (Lipinski definition) is 1. The zero-order valence-electron chi connectivity index (χ0n) is 11.3. The molecule has 0 atom stereocenters. The summed E-state index contributed by atoms with van der Waals surface area (Å²) in [7, 11) is 0. The largest absolute Gasteiger partial charge is 0.457 e. The van der Waals surface area contributed by atoms with Crippen LogP contribution in [0.15, 0.2) is 36.4 Å². The maximum Gasteiger partial charge on any atom is 0.130 e. The lowest BCUT2D eigenvalue weighted by atomic mass is 10.1. The minimum atomic E-state index is 0.553. The zero-order valence-corrected chi connectivity index (χ0v) is 12.8. The van der Waals surface area contributed by atoms with Crippen LogP contribution in [0.4, 0.5) is 0 Å². The Balaban J connectivity index is 2.29. The molecule has 0 radical (unpaired) electrons. The third-order valence-electron chi connectivity index (χ3n) is 3.06. The lowest BCUT2D eigenvalue weighted by Crippen LogP contribution is -2.04. The summed E-state index contributed by atoms with van der Waals surface area (Å²) in [5.41, 5.74) is 7.70. The van der Waals surface area contributed by atoms with Gasteiger partial charge in [0.15, 0.2) is 0 Å². The van der Waals surface area contributed by atoms with Gasteiger partial charge in [-0.25, -0.2) is 0 Å². The van der Waals surface area contributed by atoms with Crippen LogP contribution in [-0.4, -0.2) is 6.54 Å². The SMILES string of the molecule is CCc1cc(Oc2ccc(Cl)cc2CCN)ccc1Cl. The number of halogens is 2. The second kappa shape index (κ2) is 6.98. The zero-order chi connectivity index (χ0) is 14.5. The molecule has 2 aromatic rings. The van der Waals surface area contributed by atoms with Crippen molar-refractivity contribution < 1.29 is 4.74 Å². The molecule has 4 heteroatoms. The summed E-state index contributed by atoms with van der Waals surface area (Å²) < 4.78 is 5.94. The fourth-order valence-electron chi connectivity index (χ4n) is 2.01. The summed E-state index contributed by atoms with van der Waals surface area (Å²) in [6.07, 6.45) is 1.59. The molecule has 0 spiro atoms. The highest BCUT2D eigenvalue weighted by Crippen LogP contribution is 2.30. The minimum absolute atomic E-state index is 0.553. The molecule has 2 rings (SSSR count). The van der Waals surface area contributed by atoms with E-state index in [0.717, 1.165) is 40.5 Å². The lowest BCUT2D eigenvalue weighted by molar-refractivity contribution is 0.475. The maximum absolute atomic E-state index is 6.11. The molecule has 2 aromatic carbocycles. The average molecular weight is 310 g/mol. The summed E-state index contributed by atoms with van der Waals surface area (Å²) in [6, 6.07) is 11.3. The Bertz CT molecular complexity index is 599. The van der Waals surface area contributed by atoms with E-state index in [1.807, 2.05) is 36.4 Å². The monoisotopic (exact) mass is 309 g/mol. The van der Waals surface area contributed by atoms with Crippen LogP contribution in [0.25, 0.3) is 0 Å². The highest BCUT2D eigenvalue weighted by atomic mass is 35.5. The fraction of sp³-hybridized carbons (Fsp3) is 0.250. The highest BCUT2D eigenvalue weighted by Gasteiger charge is 2.07. The normalized spacial score (nSPS) is 10.6. The number of aryl methyl sites for hydroxylation is 1. The van der Waals surface area contributed by atoms with E-state index in [0.29, 0.717) is 11.6 Å². The van der Waals surface area contributed by atoms with Crippen molar-refractivity contribution >= 4 is 23.2 Å². The summed E-state index contributed by atoms with van der Waals surface area (Å²) >= 11 is 12.1. The van der Waals surface area contributed by atoms with Gasteiger partial charge in [0.25, 0.3) is 0 Å². The highest BCUT2D eigenvalue weighted by molar-refractivity contribution is 6.31. The first-order valence-electron chi connectivity index (χ1n) is 6.58. The summed E-state index contributed by atoms with van der Waals surface area (Å²) in [5, 5.41) is 1.45. The van der Waals surface area contributed by atoms with E-state index in [2.05, 4.69) is 6.92 Å². The molecule has 0 saturated heterocycles. The van der Waals surface area contributed by atoms with Crippen LogP contribution in [0.1, 0.15) is 18.1 Å². The van der Waals surface area contributed by atoms with Crippen LogP contribution in [0.5, 0.6) is 11.5 Å². The van der Waals surface area contributed by atoms with Crippen LogP contribution in [-0.2, 0) is 12.8 Å². The van der Waals surface area contributed by atoms with Crippen LogP contribution in [0.2, 0.25) is 10.0 Å². The Morgan fingerprint density at radius 2 is 1.85 bits per heavy atom. The van der Waals surface area contributed by atoms with E-state index in [9.17, 15) is 0 Å². The summed E-state index contributed by atoms with van der Waals surface area (Å²) in [6.45, 7) is 2.62. The Labute approximate surface area is 129 Å². The van der Waals surface area contributed by atoms with E-state index in [4.69, 9.17) is 33.7 Å². The third kappa shape index (κ3) is 3.66. The van der Waals surface area contributed by atoms with E-state index in [1.165, 1.54) is 0 Å². The van der Waals surface area contributed by atoms with Crippen LogP contribution >= 0.6 is 23.2 Å². The van der Waals surface area contributed by atoms with Gasteiger partial charge < -0.3 is 10.5 Å². The molecule has 20 heavy (non-hydrogen) atoms. The molecular weight excluding hydrogens is 293 g/mol. The number of benzene rings is 2. The van der Waals surface area contributed by atoms with Gasteiger partial charge in [0.2, 0.25) is 0 Å². The molecule has 0 unspecified atom stereocenters. The minimum Gasteiger partial charge on any atom is -0.457 e. The van der Waals surface area contributed by atoms with Gasteiger partial charge in [0, 0.05) is 10.0 Å². The number of ether oxygens (including phenoxy) is 1. The second-order valence-corrected chi connectivity index (χ2v) is 5.34. The second-order valence-electron chi connectivity index (χ2n) is 4.50. The first-order valence-corrected chi connectivity index (χ1v) is 7.34. The first-order chi connectivity index (χ1) is 9.63. The number of hydrogen-bond acceptors (Lipinski definition) is 2. The van der Waals surface area contributed by atoms with Crippen molar-refractivity contribution in [1.82, 2.24) is 0 Å². The quantitative estimate of drug-likeness (QED) is 0.857. The Morgan fingerprint density at radius 1 is 1.05 bits per heavy atom. The predicted molar refractivity (Wildman–Crippen MR) is 85.1 cm³/mol. The average Bonchev–Trinajstić information content (AvgIpc) is 2.44. The molecule has 0 bridgehead atoms. The van der Waals surface area contributed by atoms with Gasteiger partial charge >= 0.3 is 0 Å². The van der Waals surface area contributed by atoms with Crippen LogP contribution < -0.4 is 10.5 Å². The Kier molecular flexibility index (Phi) is 5.30. The van der Waals surface area contributed by atoms with E-state index in [1.54, 1.807) is 0 Å². The van der Waals surface area contributed by atoms with Gasteiger partial charge in [-0.3, -0.25) is 0 Å². The van der Waals surface area contributed by atoms with Gasteiger partial charge in [-0.15, -0.1) is 0 Å². The van der Waals surface area contributed by atoms with E-state index >= 15 is 0 Å². The van der Waals surface area contributed by atoms with Crippen molar-refractivity contribution in [3.8, 4) is 11.5 Å². The van der Waals surface area contributed by atoms with Crippen molar-refractivity contribution in [3.63, 3.8) is 0 Å². The molecule has 2 nitrogen and oxygen atoms in total. The van der Waals surface area contributed by atoms with Gasteiger partial charge in [0.05, 0.1) is 0 Å². The molecule has 2 N–H and O–H groups in total. The van der Waals surface area contributed by atoms with Crippen molar-refractivity contribution in [2.45, 2.75) is 19.8 Å². The molecule has 0 aliphatic rings. The summed E-state index contributed by atoms with van der Waals surface area (Å²) in [4.78, 5) is 0. The third-order valence-corrected chi connectivity index (χ3v) is 3.67. The van der Waals surface area contributed by atoms with Crippen LogP contribution in [0.3, 0.4) is 0 Å². The Morgan fingerprint density at radius 3 is 2.55 bits per heavy atom. The fourth-order valence-corrected chi connectivity index (χ4v) is 2.46. The van der Waals surface area contributed by atoms with Gasteiger partial charge in [0.1, 0.15) is 11.5 Å².